The summed E-state index contributed by atoms with van der Waals surface area (Å²) < 4.78 is 5.45. The van der Waals surface area contributed by atoms with Crippen molar-refractivity contribution in [1.29, 1.82) is 0 Å². The number of ether oxygens (including phenoxy) is 1. The van der Waals surface area contributed by atoms with E-state index >= 15 is 0 Å². The molecule has 7 nitrogen and oxygen atoms in total. The zero-order chi connectivity index (χ0) is 22.6. The summed E-state index contributed by atoms with van der Waals surface area (Å²) in [5.41, 5.74) is 3.02. The van der Waals surface area contributed by atoms with E-state index in [0.29, 0.717) is 31.2 Å². The van der Waals surface area contributed by atoms with E-state index in [1.807, 2.05) is 65.6 Å². The normalized spacial score (nSPS) is 17.6. The summed E-state index contributed by atoms with van der Waals surface area (Å²) in [4.78, 5) is 33.0. The number of nitrogens with zero attached hydrogens (tertiary/aromatic N) is 2. The molecule has 33 heavy (non-hydrogen) atoms. The predicted molar refractivity (Wildman–Crippen MR) is 127 cm³/mol. The number of thiazole rings is 1. The molecule has 1 saturated heterocycles. The van der Waals surface area contributed by atoms with Crippen molar-refractivity contribution in [2.24, 2.45) is 0 Å². The predicted octanol–water partition coefficient (Wildman–Crippen LogP) is 4.12. The van der Waals surface area contributed by atoms with Gasteiger partial charge in [0.25, 0.3) is 5.91 Å². The van der Waals surface area contributed by atoms with Crippen molar-refractivity contribution in [1.82, 2.24) is 15.2 Å². The fourth-order valence-corrected chi connectivity index (χ4v) is 5.28. The quantitative estimate of drug-likeness (QED) is 0.598. The van der Waals surface area contributed by atoms with Crippen molar-refractivity contribution in [3.8, 4) is 0 Å². The third-order valence-electron chi connectivity index (χ3n) is 6.00. The van der Waals surface area contributed by atoms with Crippen molar-refractivity contribution >= 4 is 28.4 Å². The SMILES string of the molecule is O=C(Nc1nc2c(s1)CN(C(=O)NC(c1ccccc1)c1ccccc1)CC2)C1CCCO1. The smallest absolute Gasteiger partial charge is 0.318 e. The highest BCUT2D eigenvalue weighted by Crippen LogP contribution is 2.30. The molecule has 0 bridgehead atoms. The van der Waals surface area contributed by atoms with Gasteiger partial charge < -0.3 is 15.0 Å². The van der Waals surface area contributed by atoms with Crippen LogP contribution < -0.4 is 10.6 Å². The average molecular weight is 463 g/mol. The first-order valence-electron chi connectivity index (χ1n) is 11.2. The minimum absolute atomic E-state index is 0.114. The molecule has 1 unspecified atom stereocenters. The summed E-state index contributed by atoms with van der Waals surface area (Å²) in [5.74, 6) is -0.137. The fourth-order valence-electron chi connectivity index (χ4n) is 4.26. The maximum absolute atomic E-state index is 13.2. The Balaban J connectivity index is 1.27. The Kier molecular flexibility index (Phi) is 6.37. The van der Waals surface area contributed by atoms with E-state index in [4.69, 9.17) is 4.74 Å². The molecule has 0 aliphatic carbocycles. The lowest BCUT2D eigenvalue weighted by molar-refractivity contribution is -0.124. The Labute approximate surface area is 196 Å². The van der Waals surface area contributed by atoms with Crippen LogP contribution in [0.5, 0.6) is 0 Å². The molecule has 1 atom stereocenters. The third kappa shape index (κ3) is 4.91. The van der Waals surface area contributed by atoms with Gasteiger partial charge >= 0.3 is 6.03 Å². The number of fused-ring (bicyclic) bond motifs is 1. The Morgan fingerprint density at radius 1 is 1.06 bits per heavy atom. The number of aromatic nitrogens is 1. The Bertz CT molecular complexity index is 1070. The molecule has 3 aromatic rings. The minimum atomic E-state index is -0.388. The summed E-state index contributed by atoms with van der Waals surface area (Å²) in [6.45, 7) is 1.69. The summed E-state index contributed by atoms with van der Waals surface area (Å²) >= 11 is 1.43. The van der Waals surface area contributed by atoms with Gasteiger partial charge in [-0.2, -0.15) is 0 Å². The van der Waals surface area contributed by atoms with E-state index < -0.39 is 0 Å². The molecule has 5 rings (SSSR count). The van der Waals surface area contributed by atoms with Crippen molar-refractivity contribution < 1.29 is 14.3 Å². The average Bonchev–Trinajstić information content (AvgIpc) is 3.53. The molecule has 1 fully saturated rings. The number of hydrogen-bond acceptors (Lipinski definition) is 5. The van der Waals surface area contributed by atoms with Gasteiger partial charge in [0.1, 0.15) is 6.10 Å². The van der Waals surface area contributed by atoms with Crippen molar-refractivity contribution in [2.45, 2.75) is 38.0 Å². The molecule has 2 aromatic carbocycles. The standard InChI is InChI=1S/C25H26N4O3S/c30-23(20-12-7-15-32-20)28-24-26-19-13-14-29(16-21(19)33-24)25(31)27-22(17-8-3-1-4-9-17)18-10-5-2-6-11-18/h1-6,8-11,20,22H,7,12-16H2,(H,27,31)(H,26,28,30). The topological polar surface area (TPSA) is 83.6 Å². The van der Waals surface area contributed by atoms with Crippen LogP contribution in [0.1, 0.15) is 40.6 Å². The van der Waals surface area contributed by atoms with Gasteiger partial charge in [-0.25, -0.2) is 9.78 Å². The summed E-state index contributed by atoms with van der Waals surface area (Å²) in [7, 11) is 0. The molecule has 1 aromatic heterocycles. The highest BCUT2D eigenvalue weighted by atomic mass is 32.1. The lowest BCUT2D eigenvalue weighted by atomic mass is 9.99. The van der Waals surface area contributed by atoms with Crippen LogP contribution >= 0.6 is 11.3 Å². The van der Waals surface area contributed by atoms with Crippen LogP contribution in [0.3, 0.4) is 0 Å². The molecular weight excluding hydrogens is 436 g/mol. The molecule has 2 N–H and O–H groups in total. The summed E-state index contributed by atoms with van der Waals surface area (Å²) in [6.07, 6.45) is 1.93. The molecule has 2 aliphatic rings. The molecule has 8 heteroatoms. The van der Waals surface area contributed by atoms with E-state index in [9.17, 15) is 9.59 Å². The maximum atomic E-state index is 13.2. The monoisotopic (exact) mass is 462 g/mol. The lowest BCUT2D eigenvalue weighted by Crippen LogP contribution is -2.44. The lowest BCUT2D eigenvalue weighted by Gasteiger charge is -2.29. The highest BCUT2D eigenvalue weighted by Gasteiger charge is 2.28. The molecule has 3 heterocycles. The Morgan fingerprint density at radius 3 is 2.39 bits per heavy atom. The minimum Gasteiger partial charge on any atom is -0.368 e. The largest absolute Gasteiger partial charge is 0.368 e. The van der Waals surface area contributed by atoms with E-state index in [0.717, 1.165) is 34.5 Å². The van der Waals surface area contributed by atoms with Gasteiger partial charge in [-0.15, -0.1) is 0 Å². The molecule has 3 amide bonds. The van der Waals surface area contributed by atoms with Crippen LogP contribution in [0.15, 0.2) is 60.7 Å². The second-order valence-corrected chi connectivity index (χ2v) is 9.34. The van der Waals surface area contributed by atoms with Crippen molar-refractivity contribution in [3.63, 3.8) is 0 Å². The molecule has 2 aliphatic heterocycles. The second-order valence-electron chi connectivity index (χ2n) is 8.26. The second kappa shape index (κ2) is 9.72. The first-order valence-corrected chi connectivity index (χ1v) is 12.1. The van der Waals surface area contributed by atoms with Crippen LogP contribution in [-0.4, -0.2) is 41.1 Å². The molecule has 170 valence electrons. The fraction of sp³-hybridized carbons (Fsp3) is 0.320. The van der Waals surface area contributed by atoms with Gasteiger partial charge in [0.2, 0.25) is 0 Å². The zero-order valence-corrected chi connectivity index (χ0v) is 19.0. The van der Waals surface area contributed by atoms with Gasteiger partial charge in [-0.1, -0.05) is 72.0 Å². The number of anilines is 1. The molecule has 0 radical (unpaired) electrons. The number of carbonyl (C=O) groups excluding carboxylic acids is 2. The number of urea groups is 1. The summed E-state index contributed by atoms with van der Waals surface area (Å²) in [5, 5.41) is 6.67. The number of amides is 3. The maximum Gasteiger partial charge on any atom is 0.318 e. The Hall–Kier alpha value is -3.23. The van der Waals surface area contributed by atoms with Gasteiger partial charge in [-0.05, 0) is 24.0 Å². The number of carbonyl (C=O) groups is 2. The highest BCUT2D eigenvalue weighted by molar-refractivity contribution is 7.15. The van der Waals surface area contributed by atoms with Gasteiger partial charge in [0, 0.05) is 24.4 Å². The Morgan fingerprint density at radius 2 is 1.76 bits per heavy atom. The van der Waals surface area contributed by atoms with Gasteiger partial charge in [0.15, 0.2) is 5.13 Å². The number of rotatable bonds is 5. The van der Waals surface area contributed by atoms with E-state index in [1.165, 1.54) is 11.3 Å². The number of nitrogens with one attached hydrogen (secondary N) is 2. The summed E-state index contributed by atoms with van der Waals surface area (Å²) in [6, 6.07) is 19.6. The van der Waals surface area contributed by atoms with Gasteiger partial charge in [0.05, 0.1) is 18.3 Å². The third-order valence-corrected chi connectivity index (χ3v) is 7.00. The van der Waals surface area contributed by atoms with E-state index in [1.54, 1.807) is 0 Å². The van der Waals surface area contributed by atoms with Crippen LogP contribution in [0.2, 0.25) is 0 Å². The zero-order valence-electron chi connectivity index (χ0n) is 18.2. The van der Waals surface area contributed by atoms with E-state index in [-0.39, 0.29) is 24.1 Å². The molecular formula is C25H26N4O3S. The van der Waals surface area contributed by atoms with Crippen LogP contribution in [0.25, 0.3) is 0 Å². The number of hydrogen-bond donors (Lipinski definition) is 2. The molecule has 0 saturated carbocycles. The first-order chi connectivity index (χ1) is 16.2. The van der Waals surface area contributed by atoms with Crippen molar-refractivity contribution in [3.05, 3.63) is 82.4 Å². The van der Waals surface area contributed by atoms with Crippen LogP contribution in [0, 0.1) is 0 Å². The first kappa shape index (κ1) is 21.6. The van der Waals surface area contributed by atoms with Gasteiger partial charge in [-0.3, -0.25) is 10.1 Å². The molecule has 0 spiro atoms. The van der Waals surface area contributed by atoms with Crippen LogP contribution in [-0.2, 0) is 22.5 Å². The van der Waals surface area contributed by atoms with E-state index in [2.05, 4.69) is 15.6 Å². The van der Waals surface area contributed by atoms with Crippen molar-refractivity contribution in [2.75, 3.05) is 18.5 Å². The number of benzene rings is 2. The van der Waals surface area contributed by atoms with Crippen LogP contribution in [0.4, 0.5) is 9.93 Å².